The number of ether oxygens (including phenoxy) is 1. The van der Waals surface area contributed by atoms with E-state index >= 15 is 0 Å². The number of carbonyl (C=O) groups excluding carboxylic acids is 1. The first-order valence-electron chi connectivity index (χ1n) is 11.4. The van der Waals surface area contributed by atoms with E-state index in [-0.39, 0.29) is 17.6 Å². The Morgan fingerprint density at radius 2 is 1.93 bits per heavy atom. The van der Waals surface area contributed by atoms with Crippen molar-refractivity contribution in [2.24, 2.45) is 11.8 Å². The highest BCUT2D eigenvalue weighted by Gasteiger charge is 2.31. The van der Waals surface area contributed by atoms with Crippen LogP contribution in [0.2, 0.25) is 0 Å². The Labute approximate surface area is 180 Å². The quantitative estimate of drug-likeness (QED) is 0.634. The van der Waals surface area contributed by atoms with E-state index in [0.717, 1.165) is 6.42 Å². The van der Waals surface area contributed by atoms with E-state index in [1.165, 1.54) is 36.4 Å². The number of rotatable bonds is 9. The summed E-state index contributed by atoms with van der Waals surface area (Å²) in [5, 5.41) is 2.91. The first-order valence-corrected chi connectivity index (χ1v) is 13.0. The SMILES string of the molecule is CCCCS(=O)(=O)N1CCC(C(=O)Nc2ncccc2OCC2CCCCC2)CC1. The van der Waals surface area contributed by atoms with Crippen molar-refractivity contribution in [1.82, 2.24) is 9.29 Å². The van der Waals surface area contributed by atoms with Crippen molar-refractivity contribution < 1.29 is 17.9 Å². The highest BCUT2D eigenvalue weighted by molar-refractivity contribution is 7.89. The number of nitrogens with one attached hydrogen (secondary N) is 1. The minimum absolute atomic E-state index is 0.109. The summed E-state index contributed by atoms with van der Waals surface area (Å²) in [6, 6.07) is 3.65. The molecule has 1 saturated carbocycles. The summed E-state index contributed by atoms with van der Waals surface area (Å²) in [5.74, 6) is 1.50. The average Bonchev–Trinajstić information content (AvgIpc) is 2.78. The summed E-state index contributed by atoms with van der Waals surface area (Å²) >= 11 is 0. The number of hydrogen-bond donors (Lipinski definition) is 1. The standard InChI is InChI=1S/C22H35N3O4S/c1-2-3-16-30(27,28)25-14-11-19(12-15-25)22(26)24-21-20(10-7-13-23-21)29-17-18-8-5-4-6-9-18/h7,10,13,18-19H,2-6,8-9,11-12,14-17H2,1H3,(H,23,24,26). The number of hydrogen-bond acceptors (Lipinski definition) is 5. The molecule has 0 spiro atoms. The van der Waals surface area contributed by atoms with Gasteiger partial charge in [-0.15, -0.1) is 0 Å². The molecule has 168 valence electrons. The molecule has 1 amide bonds. The van der Waals surface area contributed by atoms with E-state index < -0.39 is 10.0 Å². The van der Waals surface area contributed by atoms with Crippen molar-refractivity contribution in [1.29, 1.82) is 0 Å². The summed E-state index contributed by atoms with van der Waals surface area (Å²) in [6.45, 7) is 3.44. The van der Waals surface area contributed by atoms with E-state index in [2.05, 4.69) is 10.3 Å². The third-order valence-electron chi connectivity index (χ3n) is 6.19. The maximum absolute atomic E-state index is 12.8. The van der Waals surface area contributed by atoms with Crippen LogP contribution in [0.15, 0.2) is 18.3 Å². The summed E-state index contributed by atoms with van der Waals surface area (Å²) in [5.41, 5.74) is 0. The van der Waals surface area contributed by atoms with E-state index in [4.69, 9.17) is 4.74 Å². The Hall–Kier alpha value is -1.67. The van der Waals surface area contributed by atoms with Crippen molar-refractivity contribution in [2.75, 3.05) is 30.8 Å². The first kappa shape index (κ1) is 23.0. The number of pyridine rings is 1. The van der Waals surface area contributed by atoms with Crippen LogP contribution < -0.4 is 10.1 Å². The van der Waals surface area contributed by atoms with Gasteiger partial charge in [0.25, 0.3) is 0 Å². The van der Waals surface area contributed by atoms with Gasteiger partial charge in [0.15, 0.2) is 11.6 Å². The minimum atomic E-state index is -3.21. The van der Waals surface area contributed by atoms with Crippen molar-refractivity contribution >= 4 is 21.7 Å². The Kier molecular flexibility index (Phi) is 8.50. The van der Waals surface area contributed by atoms with E-state index in [1.54, 1.807) is 6.20 Å². The largest absolute Gasteiger partial charge is 0.489 e. The van der Waals surface area contributed by atoms with Crippen LogP contribution in [0, 0.1) is 11.8 Å². The third kappa shape index (κ3) is 6.41. The summed E-state index contributed by atoms with van der Waals surface area (Å²) in [7, 11) is -3.21. The number of aromatic nitrogens is 1. The highest BCUT2D eigenvalue weighted by atomic mass is 32.2. The van der Waals surface area contributed by atoms with E-state index in [1.807, 2.05) is 19.1 Å². The molecule has 2 heterocycles. The van der Waals surface area contributed by atoms with Gasteiger partial charge < -0.3 is 10.1 Å². The molecule has 0 aromatic carbocycles. The van der Waals surface area contributed by atoms with Gasteiger partial charge in [-0.1, -0.05) is 32.6 Å². The van der Waals surface area contributed by atoms with E-state index in [9.17, 15) is 13.2 Å². The molecule has 1 aromatic rings. The fourth-order valence-corrected chi connectivity index (χ4v) is 5.91. The predicted octanol–water partition coefficient (Wildman–Crippen LogP) is 3.82. The topological polar surface area (TPSA) is 88.6 Å². The summed E-state index contributed by atoms with van der Waals surface area (Å²) in [4.78, 5) is 17.1. The van der Waals surface area contributed by atoms with Crippen molar-refractivity contribution in [3.63, 3.8) is 0 Å². The number of unbranched alkanes of at least 4 members (excludes halogenated alkanes) is 1. The molecule has 1 N–H and O–H groups in total. The van der Waals surface area contributed by atoms with Crippen LogP contribution in [0.5, 0.6) is 5.75 Å². The van der Waals surface area contributed by atoms with Gasteiger partial charge in [-0.3, -0.25) is 4.79 Å². The number of sulfonamides is 1. The fourth-order valence-electron chi connectivity index (χ4n) is 4.23. The molecule has 1 aromatic heterocycles. The minimum Gasteiger partial charge on any atom is -0.489 e. The molecule has 30 heavy (non-hydrogen) atoms. The number of anilines is 1. The van der Waals surface area contributed by atoms with Crippen LogP contribution in [0.4, 0.5) is 5.82 Å². The second kappa shape index (κ2) is 11.1. The highest BCUT2D eigenvalue weighted by Crippen LogP contribution is 2.28. The molecule has 0 unspecified atom stereocenters. The Morgan fingerprint density at radius 3 is 2.63 bits per heavy atom. The number of carbonyl (C=O) groups is 1. The van der Waals surface area contributed by atoms with Gasteiger partial charge in [0.1, 0.15) is 0 Å². The van der Waals surface area contributed by atoms with Crippen molar-refractivity contribution in [2.45, 2.75) is 64.7 Å². The van der Waals surface area contributed by atoms with Crippen LogP contribution in [0.3, 0.4) is 0 Å². The zero-order chi connectivity index (χ0) is 21.4. The lowest BCUT2D eigenvalue weighted by molar-refractivity contribution is -0.120. The normalized spacial score (nSPS) is 19.5. The van der Waals surface area contributed by atoms with Crippen LogP contribution in [0.25, 0.3) is 0 Å². The molecule has 0 atom stereocenters. The lowest BCUT2D eigenvalue weighted by atomic mass is 9.90. The molecule has 0 radical (unpaired) electrons. The zero-order valence-electron chi connectivity index (χ0n) is 18.0. The van der Waals surface area contributed by atoms with Gasteiger partial charge in [0.05, 0.1) is 12.4 Å². The molecular formula is C22H35N3O4S. The molecule has 0 bridgehead atoms. The van der Waals surface area contributed by atoms with Gasteiger partial charge in [-0.25, -0.2) is 17.7 Å². The first-order chi connectivity index (χ1) is 14.5. The number of piperidine rings is 1. The van der Waals surface area contributed by atoms with Gasteiger partial charge in [0, 0.05) is 25.2 Å². The maximum Gasteiger partial charge on any atom is 0.228 e. The Morgan fingerprint density at radius 1 is 1.20 bits per heavy atom. The second-order valence-electron chi connectivity index (χ2n) is 8.50. The van der Waals surface area contributed by atoms with Gasteiger partial charge in [-0.2, -0.15) is 0 Å². The Balaban J connectivity index is 1.51. The monoisotopic (exact) mass is 437 g/mol. The maximum atomic E-state index is 12.8. The molecule has 2 aliphatic rings. The fraction of sp³-hybridized carbons (Fsp3) is 0.727. The summed E-state index contributed by atoms with van der Waals surface area (Å²) in [6.07, 6.45) is 10.5. The number of nitrogens with zero attached hydrogens (tertiary/aromatic N) is 2. The van der Waals surface area contributed by atoms with Gasteiger partial charge >= 0.3 is 0 Å². The molecule has 1 aliphatic heterocycles. The molecule has 7 nitrogen and oxygen atoms in total. The molecule has 8 heteroatoms. The van der Waals surface area contributed by atoms with Crippen LogP contribution in [-0.2, 0) is 14.8 Å². The smallest absolute Gasteiger partial charge is 0.228 e. The van der Waals surface area contributed by atoms with Gasteiger partial charge in [0.2, 0.25) is 15.9 Å². The molecular weight excluding hydrogens is 402 g/mol. The lowest BCUT2D eigenvalue weighted by Crippen LogP contribution is -2.42. The molecule has 3 rings (SSSR count). The third-order valence-corrected chi connectivity index (χ3v) is 8.14. The lowest BCUT2D eigenvalue weighted by Gasteiger charge is -2.30. The zero-order valence-corrected chi connectivity index (χ0v) is 18.8. The molecule has 1 saturated heterocycles. The second-order valence-corrected chi connectivity index (χ2v) is 10.6. The predicted molar refractivity (Wildman–Crippen MR) is 118 cm³/mol. The van der Waals surface area contributed by atoms with Crippen LogP contribution in [0.1, 0.15) is 64.7 Å². The van der Waals surface area contributed by atoms with Crippen LogP contribution >= 0.6 is 0 Å². The van der Waals surface area contributed by atoms with E-state index in [0.29, 0.717) is 56.4 Å². The molecule has 2 fully saturated rings. The average molecular weight is 438 g/mol. The van der Waals surface area contributed by atoms with Crippen LogP contribution in [-0.4, -0.2) is 49.1 Å². The van der Waals surface area contributed by atoms with Gasteiger partial charge in [-0.05, 0) is 50.2 Å². The Bertz CT molecular complexity index is 785. The number of amides is 1. The van der Waals surface area contributed by atoms with Crippen molar-refractivity contribution in [3.8, 4) is 5.75 Å². The van der Waals surface area contributed by atoms with Crippen molar-refractivity contribution in [3.05, 3.63) is 18.3 Å². The summed E-state index contributed by atoms with van der Waals surface area (Å²) < 4.78 is 32.2. The molecule has 1 aliphatic carbocycles.